The average Bonchev–Trinajstić information content (AvgIpc) is 2.78. The Bertz CT molecular complexity index is 1350. The predicted molar refractivity (Wildman–Crippen MR) is 128 cm³/mol. The lowest BCUT2D eigenvalue weighted by molar-refractivity contribution is 0.102. The van der Waals surface area contributed by atoms with Crippen LogP contribution in [0.25, 0.3) is 0 Å². The summed E-state index contributed by atoms with van der Waals surface area (Å²) in [5, 5.41) is 2.50. The van der Waals surface area contributed by atoms with E-state index in [1.807, 2.05) is 13.8 Å². The van der Waals surface area contributed by atoms with Crippen LogP contribution in [-0.4, -0.2) is 45.9 Å². The van der Waals surface area contributed by atoms with Gasteiger partial charge in [-0.3, -0.25) is 9.36 Å². The molecular weight excluding hydrogens is 497 g/mol. The van der Waals surface area contributed by atoms with Crippen molar-refractivity contribution >= 4 is 34.6 Å². The average molecular weight is 521 g/mol. The number of aromatic nitrogens is 2. The highest BCUT2D eigenvalue weighted by Gasteiger charge is 2.20. The summed E-state index contributed by atoms with van der Waals surface area (Å²) in [6.45, 7) is 5.20. The van der Waals surface area contributed by atoms with Gasteiger partial charge >= 0.3 is 7.60 Å². The Kier molecular flexibility index (Phi) is 7.91. The minimum atomic E-state index is -4.56. The molecule has 11 nitrogen and oxygen atoms in total. The lowest BCUT2D eigenvalue weighted by atomic mass is 10.2. The third kappa shape index (κ3) is 7.09. The standard InChI is InChI=1S/C22H24N3O8PS/c1-4-35(30,31)19-7-5-16(6-8-19)33-18-10-15(9-17(11-18)32-14(2)3)22(26)25-20-12-24-21(13-23-20)34(27,28)29/h5-14H,4H2,1-3H3,(H,23,25,26)(H2,27,28,29). The first-order valence-corrected chi connectivity index (χ1v) is 13.7. The topological polar surface area (TPSA) is 165 Å². The molecule has 0 radical (unpaired) electrons. The molecule has 0 saturated heterocycles. The van der Waals surface area contributed by atoms with E-state index in [9.17, 15) is 17.8 Å². The molecule has 1 aromatic heterocycles. The maximum atomic E-state index is 12.8. The number of hydrogen-bond donors (Lipinski definition) is 3. The second kappa shape index (κ2) is 10.5. The Labute approximate surface area is 202 Å². The van der Waals surface area contributed by atoms with Gasteiger partial charge in [0.2, 0.25) is 0 Å². The van der Waals surface area contributed by atoms with Crippen LogP contribution in [0.5, 0.6) is 17.2 Å². The van der Waals surface area contributed by atoms with Crippen molar-refractivity contribution in [3.63, 3.8) is 0 Å². The first-order chi connectivity index (χ1) is 16.4. The van der Waals surface area contributed by atoms with Gasteiger partial charge in [-0.05, 0) is 50.2 Å². The molecule has 0 atom stereocenters. The molecule has 0 fully saturated rings. The van der Waals surface area contributed by atoms with E-state index in [0.717, 1.165) is 12.4 Å². The number of carbonyl (C=O) groups excluding carboxylic acids is 1. The zero-order valence-electron chi connectivity index (χ0n) is 19.1. The molecule has 35 heavy (non-hydrogen) atoms. The van der Waals surface area contributed by atoms with Crippen LogP contribution in [0.15, 0.2) is 59.8 Å². The molecule has 3 N–H and O–H groups in total. The van der Waals surface area contributed by atoms with E-state index < -0.39 is 28.8 Å². The highest BCUT2D eigenvalue weighted by Crippen LogP contribution is 2.32. The Morgan fingerprint density at radius 2 is 1.69 bits per heavy atom. The summed E-state index contributed by atoms with van der Waals surface area (Å²) in [6, 6.07) is 10.4. The predicted octanol–water partition coefficient (Wildman–Crippen LogP) is 2.91. The van der Waals surface area contributed by atoms with E-state index in [4.69, 9.17) is 19.3 Å². The second-order valence-electron chi connectivity index (χ2n) is 7.59. The number of sulfone groups is 1. The number of anilines is 1. The van der Waals surface area contributed by atoms with E-state index in [1.165, 1.54) is 36.4 Å². The lowest BCUT2D eigenvalue weighted by Gasteiger charge is -2.14. The van der Waals surface area contributed by atoms with Gasteiger partial charge in [-0.15, -0.1) is 0 Å². The van der Waals surface area contributed by atoms with Crippen LogP contribution in [0, 0.1) is 0 Å². The van der Waals surface area contributed by atoms with Crippen molar-refractivity contribution < 1.29 is 37.0 Å². The first kappa shape index (κ1) is 26.3. The van der Waals surface area contributed by atoms with Crippen LogP contribution in [0.1, 0.15) is 31.1 Å². The molecule has 1 heterocycles. The van der Waals surface area contributed by atoms with Crippen LogP contribution >= 0.6 is 7.60 Å². The van der Waals surface area contributed by atoms with Crippen LogP contribution in [0.3, 0.4) is 0 Å². The van der Waals surface area contributed by atoms with Crippen molar-refractivity contribution in [3.05, 3.63) is 60.4 Å². The van der Waals surface area contributed by atoms with Gasteiger partial charge in [-0.2, -0.15) is 0 Å². The zero-order valence-corrected chi connectivity index (χ0v) is 20.8. The smallest absolute Gasteiger partial charge is 0.376 e. The SMILES string of the molecule is CCS(=O)(=O)c1ccc(Oc2cc(OC(C)C)cc(C(=O)Nc3cnc(P(=O)(O)O)cn3)c2)cc1. The van der Waals surface area contributed by atoms with E-state index in [2.05, 4.69) is 15.3 Å². The van der Waals surface area contributed by atoms with E-state index in [1.54, 1.807) is 13.0 Å². The van der Waals surface area contributed by atoms with E-state index in [-0.39, 0.29) is 33.9 Å². The normalized spacial score (nSPS) is 11.8. The lowest BCUT2D eigenvalue weighted by Crippen LogP contribution is -2.16. The van der Waals surface area contributed by atoms with Crippen LogP contribution in [0.4, 0.5) is 5.82 Å². The minimum absolute atomic E-state index is 0.0161. The maximum absolute atomic E-state index is 12.8. The summed E-state index contributed by atoms with van der Waals surface area (Å²) < 4.78 is 46.8. The third-order valence-electron chi connectivity index (χ3n) is 4.49. The molecular formula is C22H24N3O8PS. The fourth-order valence-corrected chi connectivity index (χ4v) is 4.14. The van der Waals surface area contributed by atoms with E-state index >= 15 is 0 Å². The molecule has 186 valence electrons. The quantitative estimate of drug-likeness (QED) is 0.357. The highest BCUT2D eigenvalue weighted by atomic mass is 32.2. The van der Waals surface area contributed by atoms with Crippen LogP contribution in [-0.2, 0) is 14.4 Å². The number of amides is 1. The van der Waals surface area contributed by atoms with Gasteiger partial charge in [0.15, 0.2) is 21.1 Å². The molecule has 0 unspecified atom stereocenters. The Balaban J connectivity index is 1.85. The van der Waals surface area contributed by atoms with Crippen molar-refractivity contribution in [1.29, 1.82) is 0 Å². The number of ether oxygens (including phenoxy) is 2. The Morgan fingerprint density at radius 3 is 2.23 bits per heavy atom. The summed E-state index contributed by atoms with van der Waals surface area (Å²) in [7, 11) is -7.91. The summed E-state index contributed by atoms with van der Waals surface area (Å²) in [6.07, 6.45) is 1.72. The number of benzene rings is 2. The van der Waals surface area contributed by atoms with Crippen molar-refractivity contribution in [2.75, 3.05) is 11.1 Å². The molecule has 0 spiro atoms. The van der Waals surface area contributed by atoms with Gasteiger partial charge in [0.25, 0.3) is 5.91 Å². The molecule has 13 heteroatoms. The Hall–Kier alpha value is -3.31. The number of nitrogens with one attached hydrogen (secondary N) is 1. The Morgan fingerprint density at radius 1 is 1.03 bits per heavy atom. The number of rotatable bonds is 9. The van der Waals surface area contributed by atoms with Crippen molar-refractivity contribution in [2.45, 2.75) is 31.8 Å². The maximum Gasteiger partial charge on any atom is 0.376 e. The fourth-order valence-electron chi connectivity index (χ4n) is 2.84. The van der Waals surface area contributed by atoms with Gasteiger partial charge in [0.05, 0.1) is 29.1 Å². The third-order valence-corrected chi connectivity index (χ3v) is 7.07. The van der Waals surface area contributed by atoms with Gasteiger partial charge in [-0.25, -0.2) is 18.4 Å². The number of hydrogen-bond acceptors (Lipinski definition) is 8. The monoisotopic (exact) mass is 521 g/mol. The van der Waals surface area contributed by atoms with Gasteiger partial charge in [0.1, 0.15) is 17.2 Å². The summed E-state index contributed by atoms with van der Waals surface area (Å²) in [5.41, 5.74) is -0.361. The molecule has 0 aliphatic carbocycles. The molecule has 3 aromatic rings. The molecule has 0 aliphatic heterocycles. The largest absolute Gasteiger partial charge is 0.491 e. The van der Waals surface area contributed by atoms with Crippen molar-refractivity contribution in [2.24, 2.45) is 0 Å². The van der Waals surface area contributed by atoms with Crippen LogP contribution in [0.2, 0.25) is 0 Å². The summed E-state index contributed by atoms with van der Waals surface area (Å²) in [5.74, 6) is 0.349. The summed E-state index contributed by atoms with van der Waals surface area (Å²) >= 11 is 0. The molecule has 1 amide bonds. The van der Waals surface area contributed by atoms with Gasteiger partial charge in [0, 0.05) is 11.6 Å². The van der Waals surface area contributed by atoms with E-state index in [0.29, 0.717) is 11.5 Å². The second-order valence-corrected chi connectivity index (χ2v) is 11.4. The van der Waals surface area contributed by atoms with Crippen molar-refractivity contribution in [3.8, 4) is 17.2 Å². The molecule has 0 bridgehead atoms. The van der Waals surface area contributed by atoms with Gasteiger partial charge in [-0.1, -0.05) is 6.92 Å². The van der Waals surface area contributed by atoms with Crippen molar-refractivity contribution in [1.82, 2.24) is 9.97 Å². The fraction of sp³-hybridized carbons (Fsp3) is 0.227. The molecule has 2 aromatic carbocycles. The molecule has 3 rings (SSSR count). The van der Waals surface area contributed by atoms with Crippen LogP contribution < -0.4 is 20.2 Å². The molecule has 0 saturated carbocycles. The highest BCUT2D eigenvalue weighted by molar-refractivity contribution is 7.91. The first-order valence-electron chi connectivity index (χ1n) is 10.4. The molecule has 0 aliphatic rings. The minimum Gasteiger partial charge on any atom is -0.491 e. The van der Waals surface area contributed by atoms with Gasteiger partial charge < -0.3 is 24.6 Å². The number of carbonyl (C=O) groups is 1. The summed E-state index contributed by atoms with van der Waals surface area (Å²) in [4.78, 5) is 38.7. The number of nitrogens with zero attached hydrogens (tertiary/aromatic N) is 2. The zero-order chi connectivity index (χ0) is 25.8.